The SMILES string of the molecule is CCc1cc2c(SCC(=O)Nc3cc(C)no3)ncnc2s1. The van der Waals surface area contributed by atoms with Gasteiger partial charge in [-0.05, 0) is 19.4 Å². The molecule has 3 heterocycles. The normalized spacial score (nSPS) is 11.0. The van der Waals surface area contributed by atoms with Crippen molar-refractivity contribution < 1.29 is 9.32 Å². The van der Waals surface area contributed by atoms with Gasteiger partial charge in [0, 0.05) is 16.3 Å². The number of hydrogen-bond acceptors (Lipinski definition) is 7. The molecule has 3 aromatic heterocycles. The second kappa shape index (κ2) is 6.45. The van der Waals surface area contributed by atoms with E-state index >= 15 is 0 Å². The fourth-order valence-electron chi connectivity index (χ4n) is 1.90. The van der Waals surface area contributed by atoms with Crippen molar-refractivity contribution in [3.63, 3.8) is 0 Å². The van der Waals surface area contributed by atoms with Gasteiger partial charge in [-0.1, -0.05) is 23.8 Å². The number of amides is 1. The first kappa shape index (κ1) is 15.0. The van der Waals surface area contributed by atoms with E-state index < -0.39 is 0 Å². The van der Waals surface area contributed by atoms with Crippen molar-refractivity contribution in [3.05, 3.63) is 29.0 Å². The minimum Gasteiger partial charge on any atom is -0.338 e. The minimum absolute atomic E-state index is 0.154. The highest BCUT2D eigenvalue weighted by Gasteiger charge is 2.12. The zero-order chi connectivity index (χ0) is 15.5. The van der Waals surface area contributed by atoms with Crippen molar-refractivity contribution in [1.82, 2.24) is 15.1 Å². The summed E-state index contributed by atoms with van der Waals surface area (Å²) >= 11 is 3.05. The topological polar surface area (TPSA) is 80.9 Å². The molecule has 6 nitrogen and oxygen atoms in total. The predicted molar refractivity (Wildman–Crippen MR) is 87.4 cm³/mol. The molecule has 0 aromatic carbocycles. The van der Waals surface area contributed by atoms with Gasteiger partial charge in [0.1, 0.15) is 16.2 Å². The standard InChI is InChI=1S/C14H14N4O2S2/c1-3-9-5-10-13(15-7-16-14(10)22-9)21-6-11(19)17-12-4-8(2)18-20-12/h4-5,7H,3,6H2,1-2H3,(H,17,19). The molecule has 3 aromatic rings. The third-order valence-electron chi connectivity index (χ3n) is 2.92. The molecular formula is C14H14N4O2S2. The molecule has 3 rings (SSSR count). The van der Waals surface area contributed by atoms with Gasteiger partial charge in [0.15, 0.2) is 0 Å². The van der Waals surface area contributed by atoms with E-state index in [0.717, 1.165) is 27.4 Å². The van der Waals surface area contributed by atoms with E-state index in [2.05, 4.69) is 33.4 Å². The van der Waals surface area contributed by atoms with E-state index in [9.17, 15) is 4.79 Å². The lowest BCUT2D eigenvalue weighted by atomic mass is 10.3. The van der Waals surface area contributed by atoms with Gasteiger partial charge >= 0.3 is 0 Å². The molecule has 0 fully saturated rings. The molecular weight excluding hydrogens is 320 g/mol. The number of carbonyl (C=O) groups excluding carboxylic acids is 1. The van der Waals surface area contributed by atoms with E-state index in [1.807, 2.05) is 0 Å². The predicted octanol–water partition coefficient (Wildman–Crippen LogP) is 3.28. The van der Waals surface area contributed by atoms with E-state index in [4.69, 9.17) is 4.52 Å². The van der Waals surface area contributed by atoms with E-state index in [-0.39, 0.29) is 11.7 Å². The molecule has 0 aliphatic rings. The lowest BCUT2D eigenvalue weighted by Gasteiger charge is -2.02. The molecule has 0 saturated heterocycles. The summed E-state index contributed by atoms with van der Waals surface area (Å²) in [7, 11) is 0. The van der Waals surface area contributed by atoms with Crippen LogP contribution in [0.25, 0.3) is 10.2 Å². The van der Waals surface area contributed by atoms with Crippen LogP contribution in [0.3, 0.4) is 0 Å². The van der Waals surface area contributed by atoms with E-state index in [1.54, 1.807) is 30.7 Å². The number of aryl methyl sites for hydroxylation is 2. The fraction of sp³-hybridized carbons (Fsp3) is 0.286. The first-order valence-electron chi connectivity index (χ1n) is 6.75. The Kier molecular flexibility index (Phi) is 4.39. The van der Waals surface area contributed by atoms with Crippen LogP contribution in [-0.4, -0.2) is 26.8 Å². The maximum absolute atomic E-state index is 11.9. The first-order valence-corrected chi connectivity index (χ1v) is 8.55. The Morgan fingerprint density at radius 1 is 1.41 bits per heavy atom. The van der Waals surface area contributed by atoms with Gasteiger partial charge in [-0.2, -0.15) is 0 Å². The van der Waals surface area contributed by atoms with E-state index in [0.29, 0.717) is 5.88 Å². The number of anilines is 1. The molecule has 0 bridgehead atoms. The number of aromatic nitrogens is 3. The maximum atomic E-state index is 11.9. The zero-order valence-corrected chi connectivity index (χ0v) is 13.8. The molecule has 0 spiro atoms. The Labute approximate surface area is 135 Å². The molecule has 0 aliphatic heterocycles. The Morgan fingerprint density at radius 3 is 3.00 bits per heavy atom. The van der Waals surface area contributed by atoms with Gasteiger partial charge in [0.25, 0.3) is 0 Å². The molecule has 0 atom stereocenters. The van der Waals surface area contributed by atoms with Gasteiger partial charge in [0.2, 0.25) is 11.8 Å². The number of thiophene rings is 1. The number of nitrogens with one attached hydrogen (secondary N) is 1. The molecule has 1 N–H and O–H groups in total. The van der Waals surface area contributed by atoms with Crippen molar-refractivity contribution in [3.8, 4) is 0 Å². The number of thioether (sulfide) groups is 1. The number of hydrogen-bond donors (Lipinski definition) is 1. The van der Waals surface area contributed by atoms with Crippen LogP contribution < -0.4 is 5.32 Å². The summed E-state index contributed by atoms with van der Waals surface area (Å²) < 4.78 is 4.96. The highest BCUT2D eigenvalue weighted by atomic mass is 32.2. The van der Waals surface area contributed by atoms with Crippen LogP contribution in [-0.2, 0) is 11.2 Å². The van der Waals surface area contributed by atoms with Gasteiger partial charge in [-0.15, -0.1) is 11.3 Å². The number of nitrogens with zero attached hydrogens (tertiary/aromatic N) is 3. The van der Waals surface area contributed by atoms with Crippen LogP contribution in [0.4, 0.5) is 5.88 Å². The summed E-state index contributed by atoms with van der Waals surface area (Å²) in [6.45, 7) is 3.91. The van der Waals surface area contributed by atoms with Gasteiger partial charge < -0.3 is 4.52 Å². The van der Waals surface area contributed by atoms with Crippen LogP contribution >= 0.6 is 23.1 Å². The molecule has 114 valence electrons. The van der Waals surface area contributed by atoms with Crippen molar-refractivity contribution in [2.24, 2.45) is 0 Å². The summed E-state index contributed by atoms with van der Waals surface area (Å²) in [6.07, 6.45) is 2.51. The van der Waals surface area contributed by atoms with Gasteiger partial charge in [-0.3, -0.25) is 10.1 Å². The van der Waals surface area contributed by atoms with Crippen molar-refractivity contribution in [2.75, 3.05) is 11.1 Å². The molecule has 8 heteroatoms. The highest BCUT2D eigenvalue weighted by Crippen LogP contribution is 2.30. The average Bonchev–Trinajstić information content (AvgIpc) is 3.11. The average molecular weight is 334 g/mol. The van der Waals surface area contributed by atoms with Crippen LogP contribution in [0.2, 0.25) is 0 Å². The number of rotatable bonds is 5. The molecule has 0 unspecified atom stereocenters. The maximum Gasteiger partial charge on any atom is 0.237 e. The Hall–Kier alpha value is -1.93. The zero-order valence-electron chi connectivity index (χ0n) is 12.1. The fourth-order valence-corrected chi connectivity index (χ4v) is 3.68. The van der Waals surface area contributed by atoms with Crippen LogP contribution in [0.5, 0.6) is 0 Å². The summed E-state index contributed by atoms with van der Waals surface area (Å²) in [5, 5.41) is 8.23. The van der Waals surface area contributed by atoms with Gasteiger partial charge in [0.05, 0.1) is 11.4 Å². The first-order chi connectivity index (χ1) is 10.7. The van der Waals surface area contributed by atoms with E-state index in [1.165, 1.54) is 16.6 Å². The minimum atomic E-state index is -0.154. The van der Waals surface area contributed by atoms with Gasteiger partial charge in [-0.25, -0.2) is 9.97 Å². The molecule has 22 heavy (non-hydrogen) atoms. The molecule has 1 amide bonds. The summed E-state index contributed by atoms with van der Waals surface area (Å²) in [5.74, 6) is 0.460. The summed E-state index contributed by atoms with van der Waals surface area (Å²) in [5.41, 5.74) is 0.728. The van der Waals surface area contributed by atoms with Crippen LogP contribution in [0, 0.1) is 6.92 Å². The van der Waals surface area contributed by atoms with Crippen molar-refractivity contribution in [1.29, 1.82) is 0 Å². The highest BCUT2D eigenvalue weighted by molar-refractivity contribution is 8.00. The summed E-state index contributed by atoms with van der Waals surface area (Å²) in [6, 6.07) is 3.78. The Bertz CT molecular complexity index is 812. The third kappa shape index (κ3) is 3.28. The molecule has 0 aliphatic carbocycles. The quantitative estimate of drug-likeness (QED) is 0.570. The number of fused-ring (bicyclic) bond motifs is 1. The lowest BCUT2D eigenvalue weighted by molar-refractivity contribution is -0.113. The number of carbonyl (C=O) groups is 1. The smallest absolute Gasteiger partial charge is 0.237 e. The van der Waals surface area contributed by atoms with Crippen molar-refractivity contribution >= 4 is 45.1 Å². The second-order valence-electron chi connectivity index (χ2n) is 4.63. The Balaban J connectivity index is 1.68. The van der Waals surface area contributed by atoms with Crippen molar-refractivity contribution in [2.45, 2.75) is 25.3 Å². The molecule has 0 radical (unpaired) electrons. The largest absolute Gasteiger partial charge is 0.338 e. The summed E-state index contributed by atoms with van der Waals surface area (Å²) in [4.78, 5) is 22.7. The lowest BCUT2D eigenvalue weighted by Crippen LogP contribution is -2.13. The second-order valence-corrected chi connectivity index (χ2v) is 6.71. The third-order valence-corrected chi connectivity index (χ3v) is 5.12. The van der Waals surface area contributed by atoms with Crippen LogP contribution in [0.15, 0.2) is 28.0 Å². The van der Waals surface area contributed by atoms with Crippen LogP contribution in [0.1, 0.15) is 17.5 Å². The molecule has 0 saturated carbocycles. The Morgan fingerprint density at radius 2 is 2.27 bits per heavy atom. The monoisotopic (exact) mass is 334 g/mol.